The van der Waals surface area contributed by atoms with Gasteiger partial charge in [-0.1, -0.05) is 24.3 Å². The maximum atomic E-state index is 4.63. The highest BCUT2D eigenvalue weighted by Gasteiger charge is 2.08. The van der Waals surface area contributed by atoms with Crippen molar-refractivity contribution in [2.75, 3.05) is 0 Å². The number of hydrogen-bond donors (Lipinski definition) is 0. The molecule has 0 amide bonds. The third kappa shape index (κ3) is 2.30. The first kappa shape index (κ1) is 6.98. The topological polar surface area (TPSA) is 0 Å². The van der Waals surface area contributed by atoms with Gasteiger partial charge in [-0.3, -0.25) is 0 Å². The molecule has 1 aliphatic carbocycles. The van der Waals surface area contributed by atoms with Crippen molar-refractivity contribution in [2.24, 2.45) is 5.92 Å². The highest BCUT2D eigenvalue weighted by molar-refractivity contribution is 7.78. The summed E-state index contributed by atoms with van der Waals surface area (Å²) in [7, 11) is 0. The van der Waals surface area contributed by atoms with Gasteiger partial charge in [0.1, 0.15) is 0 Å². The van der Waals surface area contributed by atoms with Crippen molar-refractivity contribution in [3.8, 4) is 0 Å². The van der Waals surface area contributed by atoms with Gasteiger partial charge in [0.05, 0.1) is 0 Å². The molecule has 1 fully saturated rings. The highest BCUT2D eigenvalue weighted by Crippen LogP contribution is 2.23. The first-order chi connectivity index (χ1) is 4.43. The number of thiocarbonyl (C=S) groups is 1. The van der Waals surface area contributed by atoms with Crippen LogP contribution in [0.5, 0.6) is 0 Å². The van der Waals surface area contributed by atoms with Gasteiger partial charge in [-0.2, -0.15) is 0 Å². The molecule has 1 rings (SSSR count). The fourth-order valence-corrected chi connectivity index (χ4v) is 1.59. The van der Waals surface area contributed by atoms with Gasteiger partial charge in [0, 0.05) is 0 Å². The van der Waals surface area contributed by atoms with Gasteiger partial charge in [-0.05, 0) is 37.1 Å². The normalized spacial score (nSPS) is 20.9. The van der Waals surface area contributed by atoms with E-state index >= 15 is 0 Å². The zero-order chi connectivity index (χ0) is 6.53. The molecule has 0 spiro atoms. The van der Waals surface area contributed by atoms with Crippen molar-refractivity contribution < 1.29 is 0 Å². The standard InChI is InChI=1S/C8H12S/c9-7-6-8-4-2-1-3-5-8/h6,8H,1-5H2. The van der Waals surface area contributed by atoms with E-state index in [9.17, 15) is 0 Å². The van der Waals surface area contributed by atoms with E-state index in [1.54, 1.807) is 0 Å². The summed E-state index contributed by atoms with van der Waals surface area (Å²) in [5.41, 5.74) is 0. The zero-order valence-electron chi connectivity index (χ0n) is 5.60. The van der Waals surface area contributed by atoms with Crippen LogP contribution in [0.15, 0.2) is 6.08 Å². The quantitative estimate of drug-likeness (QED) is 0.505. The van der Waals surface area contributed by atoms with Gasteiger partial charge in [0.2, 0.25) is 0 Å². The molecule has 1 aliphatic rings. The van der Waals surface area contributed by atoms with E-state index in [1.165, 1.54) is 32.1 Å². The predicted molar refractivity (Wildman–Crippen MR) is 43.7 cm³/mol. The summed E-state index contributed by atoms with van der Waals surface area (Å²) in [5.74, 6) is 0.760. The van der Waals surface area contributed by atoms with E-state index < -0.39 is 0 Å². The Balaban J connectivity index is 2.31. The molecule has 0 N–H and O–H groups in total. The molecule has 0 saturated heterocycles. The Labute approximate surface area is 62.0 Å². The van der Waals surface area contributed by atoms with Crippen molar-refractivity contribution in [3.05, 3.63) is 6.08 Å². The summed E-state index contributed by atoms with van der Waals surface area (Å²) in [6.45, 7) is 0. The molecule has 0 nitrogen and oxygen atoms in total. The molecule has 0 aromatic rings. The fraction of sp³-hybridized carbons (Fsp3) is 0.750. The largest absolute Gasteiger partial charge is 0.0533 e. The second-order valence-electron chi connectivity index (χ2n) is 2.68. The van der Waals surface area contributed by atoms with Gasteiger partial charge in [0.15, 0.2) is 0 Å². The average Bonchev–Trinajstić information content (AvgIpc) is 1.91. The minimum atomic E-state index is 0.760. The molecular formula is C8H12S. The van der Waals surface area contributed by atoms with Crippen LogP contribution in [0, 0.1) is 5.92 Å². The van der Waals surface area contributed by atoms with E-state index in [1.807, 2.05) is 0 Å². The lowest BCUT2D eigenvalue weighted by atomic mass is 9.90. The fourth-order valence-electron chi connectivity index (χ4n) is 1.40. The molecule has 0 heterocycles. The van der Waals surface area contributed by atoms with Crippen LogP contribution in [-0.4, -0.2) is 5.02 Å². The van der Waals surface area contributed by atoms with E-state index in [4.69, 9.17) is 0 Å². The first-order valence-electron chi connectivity index (χ1n) is 3.64. The molecule has 1 heteroatoms. The molecule has 0 radical (unpaired) electrons. The van der Waals surface area contributed by atoms with E-state index in [0.717, 1.165) is 5.92 Å². The zero-order valence-corrected chi connectivity index (χ0v) is 6.41. The van der Waals surface area contributed by atoms with E-state index in [2.05, 4.69) is 23.3 Å². The van der Waals surface area contributed by atoms with E-state index in [0.29, 0.717) is 0 Å². The number of allylic oxidation sites excluding steroid dienone is 1. The molecule has 0 aromatic heterocycles. The van der Waals surface area contributed by atoms with Crippen molar-refractivity contribution >= 4 is 17.2 Å². The third-order valence-electron chi connectivity index (χ3n) is 1.95. The van der Waals surface area contributed by atoms with Crippen LogP contribution < -0.4 is 0 Å². The van der Waals surface area contributed by atoms with Gasteiger partial charge >= 0.3 is 0 Å². The molecule has 0 aliphatic heterocycles. The third-order valence-corrected chi connectivity index (χ3v) is 2.09. The summed E-state index contributed by atoms with van der Waals surface area (Å²) < 4.78 is 0. The summed E-state index contributed by atoms with van der Waals surface area (Å²) >= 11 is 4.63. The summed E-state index contributed by atoms with van der Waals surface area (Å²) in [6.07, 6.45) is 8.92. The minimum absolute atomic E-state index is 0.760. The minimum Gasteiger partial charge on any atom is -0.0533 e. The maximum absolute atomic E-state index is 4.63. The molecule has 0 atom stereocenters. The summed E-state index contributed by atoms with van der Waals surface area (Å²) in [4.78, 5) is 0. The highest BCUT2D eigenvalue weighted by atomic mass is 32.1. The van der Waals surface area contributed by atoms with Crippen LogP contribution in [0.3, 0.4) is 0 Å². The molecule has 0 bridgehead atoms. The summed E-state index contributed by atoms with van der Waals surface area (Å²) in [6, 6.07) is 0. The SMILES string of the molecule is S=C=CC1CCCCC1. The lowest BCUT2D eigenvalue weighted by Crippen LogP contribution is -2.02. The second kappa shape index (κ2) is 3.81. The van der Waals surface area contributed by atoms with Crippen LogP contribution in [0.1, 0.15) is 32.1 Å². The average molecular weight is 140 g/mol. The Kier molecular flexibility index (Phi) is 2.96. The van der Waals surface area contributed by atoms with Gasteiger partial charge in [0.25, 0.3) is 0 Å². The second-order valence-corrected chi connectivity index (χ2v) is 2.92. The van der Waals surface area contributed by atoms with E-state index in [-0.39, 0.29) is 0 Å². The lowest BCUT2D eigenvalue weighted by Gasteiger charge is -2.16. The molecule has 1 saturated carbocycles. The van der Waals surface area contributed by atoms with Crippen molar-refractivity contribution in [1.29, 1.82) is 0 Å². The smallest absolute Gasteiger partial charge is 0.0149 e. The predicted octanol–water partition coefficient (Wildman–Crippen LogP) is 2.72. The lowest BCUT2D eigenvalue weighted by molar-refractivity contribution is 0.421. The molecule has 9 heavy (non-hydrogen) atoms. The van der Waals surface area contributed by atoms with Crippen LogP contribution in [0.2, 0.25) is 0 Å². The maximum Gasteiger partial charge on any atom is -0.0149 e. The van der Waals surface area contributed by atoms with Crippen molar-refractivity contribution in [1.82, 2.24) is 0 Å². The van der Waals surface area contributed by atoms with Crippen LogP contribution in [-0.2, 0) is 0 Å². The van der Waals surface area contributed by atoms with Gasteiger partial charge < -0.3 is 0 Å². The monoisotopic (exact) mass is 140 g/mol. The Morgan fingerprint density at radius 1 is 1.22 bits per heavy atom. The Bertz CT molecular complexity index is 117. The Hall–Kier alpha value is -0.130. The van der Waals surface area contributed by atoms with Crippen molar-refractivity contribution in [3.63, 3.8) is 0 Å². The molecule has 0 unspecified atom stereocenters. The number of hydrogen-bond acceptors (Lipinski definition) is 1. The van der Waals surface area contributed by atoms with Crippen molar-refractivity contribution in [2.45, 2.75) is 32.1 Å². The van der Waals surface area contributed by atoms with Crippen LogP contribution in [0.25, 0.3) is 0 Å². The molecule has 50 valence electrons. The van der Waals surface area contributed by atoms with Crippen LogP contribution >= 0.6 is 12.2 Å². The Morgan fingerprint density at radius 3 is 2.44 bits per heavy atom. The molecular weight excluding hydrogens is 128 g/mol. The molecule has 0 aromatic carbocycles. The Morgan fingerprint density at radius 2 is 1.89 bits per heavy atom. The summed E-state index contributed by atoms with van der Waals surface area (Å²) in [5, 5.41) is 2.70. The first-order valence-corrected chi connectivity index (χ1v) is 4.05. The van der Waals surface area contributed by atoms with Gasteiger partial charge in [-0.25, -0.2) is 0 Å². The van der Waals surface area contributed by atoms with Crippen LogP contribution in [0.4, 0.5) is 0 Å². The number of rotatable bonds is 1. The van der Waals surface area contributed by atoms with Gasteiger partial charge in [-0.15, -0.1) is 0 Å².